The van der Waals surface area contributed by atoms with Crippen molar-refractivity contribution in [2.75, 3.05) is 0 Å². The second-order valence-electron chi connectivity index (χ2n) is 4.84. The summed E-state index contributed by atoms with van der Waals surface area (Å²) in [7, 11) is 0. The van der Waals surface area contributed by atoms with Gasteiger partial charge in [-0.1, -0.05) is 12.1 Å². The molecule has 0 aliphatic heterocycles. The van der Waals surface area contributed by atoms with Gasteiger partial charge in [0.15, 0.2) is 11.6 Å². The van der Waals surface area contributed by atoms with E-state index in [0.717, 1.165) is 23.8 Å². The monoisotopic (exact) mass is 293 g/mol. The van der Waals surface area contributed by atoms with Gasteiger partial charge in [-0.05, 0) is 36.4 Å². The molecule has 0 saturated heterocycles. The summed E-state index contributed by atoms with van der Waals surface area (Å²) in [6, 6.07) is 7.72. The van der Waals surface area contributed by atoms with Gasteiger partial charge in [0, 0.05) is 10.9 Å². The molecular formula is C15H13F2NOS. The van der Waals surface area contributed by atoms with Gasteiger partial charge in [-0.15, -0.1) is 11.3 Å². The molecule has 20 heavy (non-hydrogen) atoms. The largest absolute Gasteiger partial charge is 0.330 e. The first kappa shape index (κ1) is 13.2. The Kier molecular flexibility index (Phi) is 3.53. The van der Waals surface area contributed by atoms with Crippen LogP contribution in [0.1, 0.15) is 28.1 Å². The lowest BCUT2D eigenvalue weighted by Gasteiger charge is -2.22. The summed E-state index contributed by atoms with van der Waals surface area (Å²) in [4.78, 5) is 15.1. The molecule has 0 radical (unpaired) electrons. The summed E-state index contributed by atoms with van der Waals surface area (Å²) in [6.45, 7) is 0.455. The van der Waals surface area contributed by atoms with Crippen LogP contribution in [0.15, 0.2) is 35.7 Å². The molecule has 5 heteroatoms. The van der Waals surface area contributed by atoms with Crippen molar-refractivity contribution in [1.82, 2.24) is 4.90 Å². The van der Waals surface area contributed by atoms with Crippen LogP contribution in [-0.4, -0.2) is 16.8 Å². The number of amides is 1. The molecule has 1 saturated carbocycles. The van der Waals surface area contributed by atoms with Crippen molar-refractivity contribution in [2.45, 2.75) is 25.4 Å². The molecule has 1 aromatic heterocycles. The number of carbonyl (C=O) groups excluding carboxylic acids is 1. The molecular weight excluding hydrogens is 280 g/mol. The zero-order valence-corrected chi connectivity index (χ0v) is 11.5. The molecule has 1 aliphatic rings. The van der Waals surface area contributed by atoms with E-state index in [2.05, 4.69) is 0 Å². The fourth-order valence-corrected chi connectivity index (χ4v) is 2.85. The van der Waals surface area contributed by atoms with Crippen molar-refractivity contribution >= 4 is 17.2 Å². The molecule has 0 N–H and O–H groups in total. The van der Waals surface area contributed by atoms with E-state index in [-0.39, 0.29) is 11.6 Å². The van der Waals surface area contributed by atoms with Crippen LogP contribution in [-0.2, 0) is 6.54 Å². The van der Waals surface area contributed by atoms with Crippen LogP contribution in [0.25, 0.3) is 0 Å². The lowest BCUT2D eigenvalue weighted by atomic mass is 10.1. The highest BCUT2D eigenvalue weighted by Crippen LogP contribution is 2.31. The van der Waals surface area contributed by atoms with Gasteiger partial charge in [0.1, 0.15) is 0 Å². The van der Waals surface area contributed by atoms with Gasteiger partial charge in [-0.3, -0.25) is 4.79 Å². The predicted octanol–water partition coefficient (Wildman–Crippen LogP) is 3.83. The molecule has 1 aromatic carbocycles. The summed E-state index contributed by atoms with van der Waals surface area (Å²) < 4.78 is 27.0. The fraction of sp³-hybridized carbons (Fsp3) is 0.267. The molecule has 0 unspecified atom stereocenters. The molecule has 0 atom stereocenters. The average molecular weight is 293 g/mol. The Hall–Kier alpha value is -1.75. The van der Waals surface area contributed by atoms with E-state index in [1.165, 1.54) is 12.1 Å². The Bertz CT molecular complexity index is 623. The third-order valence-corrected chi connectivity index (χ3v) is 4.20. The minimum atomic E-state index is -1.06. The second-order valence-corrected chi connectivity index (χ2v) is 5.88. The zero-order valence-electron chi connectivity index (χ0n) is 10.7. The van der Waals surface area contributed by atoms with Gasteiger partial charge in [-0.2, -0.15) is 0 Å². The molecule has 2 nitrogen and oxygen atoms in total. The number of benzene rings is 1. The summed E-state index contributed by atoms with van der Waals surface area (Å²) in [5.41, 5.74) is -0.187. The van der Waals surface area contributed by atoms with Gasteiger partial charge >= 0.3 is 0 Å². The Morgan fingerprint density at radius 2 is 2.05 bits per heavy atom. The minimum Gasteiger partial charge on any atom is -0.330 e. The molecule has 0 bridgehead atoms. The number of carbonyl (C=O) groups is 1. The summed E-state index contributed by atoms with van der Waals surface area (Å²) in [5, 5.41) is 1.94. The minimum absolute atomic E-state index is 0.146. The molecule has 1 aliphatic carbocycles. The molecule has 1 fully saturated rings. The van der Waals surface area contributed by atoms with E-state index >= 15 is 0 Å². The number of nitrogens with zero attached hydrogens (tertiary/aromatic N) is 1. The number of hydrogen-bond donors (Lipinski definition) is 0. The lowest BCUT2D eigenvalue weighted by molar-refractivity contribution is 0.0726. The Balaban J connectivity index is 1.87. The highest BCUT2D eigenvalue weighted by molar-refractivity contribution is 7.09. The van der Waals surface area contributed by atoms with Crippen molar-refractivity contribution < 1.29 is 13.6 Å². The third-order valence-electron chi connectivity index (χ3n) is 3.34. The lowest BCUT2D eigenvalue weighted by Crippen LogP contribution is -2.33. The van der Waals surface area contributed by atoms with Gasteiger partial charge in [0.2, 0.25) is 0 Å². The van der Waals surface area contributed by atoms with Crippen molar-refractivity contribution in [1.29, 1.82) is 0 Å². The van der Waals surface area contributed by atoms with E-state index < -0.39 is 17.5 Å². The Labute approximate surface area is 119 Å². The predicted molar refractivity (Wildman–Crippen MR) is 73.6 cm³/mol. The molecule has 1 heterocycles. The first-order valence-corrected chi connectivity index (χ1v) is 7.32. The van der Waals surface area contributed by atoms with Crippen molar-refractivity contribution in [3.63, 3.8) is 0 Å². The quantitative estimate of drug-likeness (QED) is 0.839. The molecule has 0 spiro atoms. The fourth-order valence-electron chi connectivity index (χ4n) is 2.15. The van der Waals surface area contributed by atoms with Gasteiger partial charge < -0.3 is 4.90 Å². The summed E-state index contributed by atoms with van der Waals surface area (Å²) >= 11 is 1.55. The van der Waals surface area contributed by atoms with Gasteiger partial charge in [0.25, 0.3) is 5.91 Å². The number of hydrogen-bond acceptors (Lipinski definition) is 2. The average Bonchev–Trinajstić information content (AvgIpc) is 3.15. The number of halogens is 2. The number of thiophene rings is 1. The molecule has 1 amide bonds. The van der Waals surface area contributed by atoms with Crippen LogP contribution < -0.4 is 0 Å². The highest BCUT2D eigenvalue weighted by Gasteiger charge is 2.34. The van der Waals surface area contributed by atoms with Gasteiger partial charge in [-0.25, -0.2) is 8.78 Å². The smallest absolute Gasteiger partial charge is 0.257 e. The van der Waals surface area contributed by atoms with Crippen LogP contribution in [0.3, 0.4) is 0 Å². The van der Waals surface area contributed by atoms with Crippen LogP contribution in [0, 0.1) is 11.6 Å². The number of rotatable bonds is 4. The maximum atomic E-state index is 13.8. The maximum absolute atomic E-state index is 13.8. The van der Waals surface area contributed by atoms with E-state index in [4.69, 9.17) is 0 Å². The van der Waals surface area contributed by atoms with Crippen LogP contribution in [0.5, 0.6) is 0 Å². The Morgan fingerprint density at radius 1 is 1.25 bits per heavy atom. The first-order valence-electron chi connectivity index (χ1n) is 6.44. The summed E-state index contributed by atoms with van der Waals surface area (Å²) in [6.07, 6.45) is 1.85. The summed E-state index contributed by atoms with van der Waals surface area (Å²) in [5.74, 6) is -2.48. The van der Waals surface area contributed by atoms with E-state index in [1.807, 2.05) is 17.5 Å². The van der Waals surface area contributed by atoms with Crippen LogP contribution >= 0.6 is 11.3 Å². The van der Waals surface area contributed by atoms with E-state index in [1.54, 1.807) is 16.2 Å². The highest BCUT2D eigenvalue weighted by atomic mass is 32.1. The zero-order chi connectivity index (χ0) is 14.1. The molecule has 104 valence electrons. The van der Waals surface area contributed by atoms with Crippen molar-refractivity contribution in [3.8, 4) is 0 Å². The topological polar surface area (TPSA) is 20.3 Å². The van der Waals surface area contributed by atoms with Crippen LogP contribution in [0.4, 0.5) is 8.78 Å². The van der Waals surface area contributed by atoms with Crippen molar-refractivity contribution in [3.05, 3.63) is 57.8 Å². The normalized spacial score (nSPS) is 14.3. The first-order chi connectivity index (χ1) is 9.66. The van der Waals surface area contributed by atoms with Crippen molar-refractivity contribution in [2.24, 2.45) is 0 Å². The van der Waals surface area contributed by atoms with E-state index in [9.17, 15) is 13.6 Å². The van der Waals surface area contributed by atoms with Gasteiger partial charge in [0.05, 0.1) is 12.1 Å². The SMILES string of the molecule is O=C(c1cccc(F)c1F)N(Cc1cccs1)C1CC1. The molecule has 3 rings (SSSR count). The molecule has 2 aromatic rings. The standard InChI is InChI=1S/C15H13F2NOS/c16-13-5-1-4-12(14(13)17)15(19)18(10-6-7-10)9-11-3-2-8-20-11/h1-5,8,10H,6-7,9H2. The second kappa shape index (κ2) is 5.32. The van der Waals surface area contributed by atoms with E-state index in [0.29, 0.717) is 6.54 Å². The third kappa shape index (κ3) is 2.58. The maximum Gasteiger partial charge on any atom is 0.257 e. The van der Waals surface area contributed by atoms with Crippen LogP contribution in [0.2, 0.25) is 0 Å². The Morgan fingerprint density at radius 3 is 2.70 bits per heavy atom.